The second-order valence-corrected chi connectivity index (χ2v) is 6.49. The van der Waals surface area contributed by atoms with Crippen molar-refractivity contribution in [3.8, 4) is 0 Å². The van der Waals surface area contributed by atoms with E-state index in [-0.39, 0.29) is 0 Å². The van der Waals surface area contributed by atoms with Crippen LogP contribution in [0, 0.1) is 0 Å². The molecule has 0 saturated carbocycles. The quantitative estimate of drug-likeness (QED) is 0.632. The van der Waals surface area contributed by atoms with Crippen molar-refractivity contribution in [1.82, 2.24) is 14.5 Å². The first-order chi connectivity index (χ1) is 11.5. The number of hydrogen-bond donors (Lipinski definition) is 3. The second-order valence-electron chi connectivity index (χ2n) is 5.67. The third-order valence-corrected chi connectivity index (χ3v) is 4.90. The largest absolute Gasteiger partial charge is 0.394 e. The number of aromatic nitrogens is 3. The van der Waals surface area contributed by atoms with E-state index in [0.717, 1.165) is 5.39 Å². The Balaban J connectivity index is 1.85. The lowest BCUT2D eigenvalue weighted by Crippen LogP contribution is -2.33. The smallest absolute Gasteiger partial charge is 0.165 e. The van der Waals surface area contributed by atoms with Gasteiger partial charge in [-0.3, -0.25) is 4.57 Å². The first-order valence-electron chi connectivity index (χ1n) is 7.24. The lowest BCUT2D eigenvalue weighted by Gasteiger charge is -2.16. The van der Waals surface area contributed by atoms with Crippen molar-refractivity contribution in [2.45, 2.75) is 24.5 Å². The molecule has 3 heterocycles. The minimum Gasteiger partial charge on any atom is -0.394 e. The number of nitrogens with zero attached hydrogens (tertiary/aromatic N) is 3. The number of imidazole rings is 1. The Morgan fingerprint density at radius 1 is 1.08 bits per heavy atom. The van der Waals surface area contributed by atoms with Crippen LogP contribution in [0.3, 0.4) is 0 Å². The van der Waals surface area contributed by atoms with Gasteiger partial charge in [0.25, 0.3) is 0 Å². The average Bonchev–Trinajstić information content (AvgIpc) is 3.08. The number of fused-ring (bicyclic) bond motifs is 2. The van der Waals surface area contributed by atoms with Crippen LogP contribution >= 0.6 is 23.2 Å². The molecule has 0 amide bonds. The van der Waals surface area contributed by atoms with E-state index in [9.17, 15) is 15.3 Å². The molecule has 4 atom stereocenters. The van der Waals surface area contributed by atoms with Crippen LogP contribution in [-0.2, 0) is 4.74 Å². The van der Waals surface area contributed by atoms with E-state index in [1.54, 1.807) is 18.2 Å². The lowest BCUT2D eigenvalue weighted by molar-refractivity contribution is -0.0510. The number of halogens is 2. The molecule has 0 aliphatic carbocycles. The summed E-state index contributed by atoms with van der Waals surface area (Å²) in [5, 5.41) is 30.9. The molecule has 2 aromatic heterocycles. The third-order valence-electron chi connectivity index (χ3n) is 4.17. The monoisotopic (exact) mass is 369 g/mol. The van der Waals surface area contributed by atoms with E-state index in [1.807, 2.05) is 0 Å². The van der Waals surface area contributed by atoms with Gasteiger partial charge in [-0.15, -0.1) is 0 Å². The maximum absolute atomic E-state index is 10.2. The predicted molar refractivity (Wildman–Crippen MR) is 88.1 cm³/mol. The van der Waals surface area contributed by atoms with E-state index in [0.29, 0.717) is 26.7 Å². The number of benzene rings is 1. The highest BCUT2D eigenvalue weighted by molar-refractivity contribution is 6.42. The van der Waals surface area contributed by atoms with Gasteiger partial charge in [0.2, 0.25) is 0 Å². The van der Waals surface area contributed by atoms with Gasteiger partial charge >= 0.3 is 0 Å². The molecular formula is C15H13Cl2N3O4. The maximum Gasteiger partial charge on any atom is 0.165 e. The van der Waals surface area contributed by atoms with E-state index in [1.165, 1.54) is 10.9 Å². The highest BCUT2D eigenvalue weighted by Crippen LogP contribution is 2.33. The number of pyridine rings is 1. The molecule has 4 rings (SSSR count). The molecule has 1 aromatic carbocycles. The van der Waals surface area contributed by atoms with Crippen LogP contribution in [-0.4, -0.2) is 54.8 Å². The SMILES string of the molecule is OC[C@H]1O[C@@H](n2cnc3cc4cc(Cl)c(Cl)cc4nc32)[C@H](O)[C@@H]1O. The molecule has 1 aliphatic rings. The topological polar surface area (TPSA) is 101 Å². The number of rotatable bonds is 2. The van der Waals surface area contributed by atoms with Gasteiger partial charge in [-0.25, -0.2) is 9.97 Å². The molecule has 24 heavy (non-hydrogen) atoms. The lowest BCUT2D eigenvalue weighted by atomic mass is 10.1. The van der Waals surface area contributed by atoms with Crippen molar-refractivity contribution in [2.24, 2.45) is 0 Å². The molecule has 7 nitrogen and oxygen atoms in total. The van der Waals surface area contributed by atoms with E-state index in [4.69, 9.17) is 27.9 Å². The van der Waals surface area contributed by atoms with Crippen molar-refractivity contribution in [2.75, 3.05) is 6.61 Å². The van der Waals surface area contributed by atoms with Crippen LogP contribution in [0.4, 0.5) is 0 Å². The van der Waals surface area contributed by atoms with Crippen molar-refractivity contribution >= 4 is 45.3 Å². The van der Waals surface area contributed by atoms with Gasteiger partial charge in [0.05, 0.1) is 28.5 Å². The Labute approximate surface area is 146 Å². The number of hydrogen-bond acceptors (Lipinski definition) is 6. The summed E-state index contributed by atoms with van der Waals surface area (Å²) >= 11 is 12.1. The fourth-order valence-corrected chi connectivity index (χ4v) is 3.24. The fourth-order valence-electron chi connectivity index (χ4n) is 2.91. The van der Waals surface area contributed by atoms with Gasteiger partial charge in [0, 0.05) is 5.39 Å². The summed E-state index contributed by atoms with van der Waals surface area (Å²) in [5.41, 5.74) is 1.67. The summed E-state index contributed by atoms with van der Waals surface area (Å²) in [7, 11) is 0. The summed E-state index contributed by atoms with van der Waals surface area (Å²) in [6, 6.07) is 5.15. The Hall–Kier alpha value is -1.48. The normalized spacial score (nSPS) is 27.4. The third kappa shape index (κ3) is 2.36. The first-order valence-corrected chi connectivity index (χ1v) is 8.00. The van der Waals surface area contributed by atoms with Crippen LogP contribution in [0.2, 0.25) is 10.0 Å². The summed E-state index contributed by atoms with van der Waals surface area (Å²) in [6.45, 7) is -0.397. The van der Waals surface area contributed by atoms with Gasteiger partial charge in [-0.05, 0) is 18.2 Å². The molecule has 0 spiro atoms. The molecule has 3 N–H and O–H groups in total. The van der Waals surface area contributed by atoms with Crippen LogP contribution in [0.1, 0.15) is 6.23 Å². The Morgan fingerprint density at radius 3 is 2.54 bits per heavy atom. The highest BCUT2D eigenvalue weighted by Gasteiger charge is 2.43. The van der Waals surface area contributed by atoms with Crippen molar-refractivity contribution < 1.29 is 20.1 Å². The van der Waals surface area contributed by atoms with Gasteiger partial charge < -0.3 is 20.1 Å². The average molecular weight is 370 g/mol. The summed E-state index contributed by atoms with van der Waals surface area (Å²) in [6.07, 6.45) is -2.68. The van der Waals surface area contributed by atoms with Crippen LogP contribution < -0.4 is 0 Å². The molecule has 1 saturated heterocycles. The molecule has 0 unspecified atom stereocenters. The van der Waals surface area contributed by atoms with Gasteiger partial charge in [0.15, 0.2) is 11.9 Å². The molecule has 0 bridgehead atoms. The van der Waals surface area contributed by atoms with Gasteiger partial charge in [0.1, 0.15) is 23.8 Å². The summed E-state index contributed by atoms with van der Waals surface area (Å²) in [5.74, 6) is 0. The minimum absolute atomic E-state index is 0.384. The van der Waals surface area contributed by atoms with Crippen LogP contribution in [0.15, 0.2) is 24.5 Å². The van der Waals surface area contributed by atoms with Crippen LogP contribution in [0.5, 0.6) is 0 Å². The Morgan fingerprint density at radius 2 is 1.83 bits per heavy atom. The second kappa shape index (κ2) is 5.80. The summed E-state index contributed by atoms with van der Waals surface area (Å²) in [4.78, 5) is 8.78. The molecular weight excluding hydrogens is 357 g/mol. The molecule has 1 fully saturated rings. The van der Waals surface area contributed by atoms with Crippen molar-refractivity contribution in [3.05, 3.63) is 34.6 Å². The van der Waals surface area contributed by atoms with Crippen molar-refractivity contribution in [1.29, 1.82) is 0 Å². The van der Waals surface area contributed by atoms with Gasteiger partial charge in [-0.1, -0.05) is 23.2 Å². The standard InChI is InChI=1S/C15H13Cl2N3O4/c16-7-1-6-2-10-14(19-9(6)3-8(7)17)20(5-18-10)15-13(23)12(22)11(4-21)24-15/h1-3,5,11-13,15,21-23H,4H2/t11-,12-,13-,15-/m1/s1. The van der Waals surface area contributed by atoms with E-state index < -0.39 is 31.1 Å². The highest BCUT2D eigenvalue weighted by atomic mass is 35.5. The molecule has 1 aliphatic heterocycles. The van der Waals surface area contributed by atoms with Gasteiger partial charge in [-0.2, -0.15) is 0 Å². The Kier molecular flexibility index (Phi) is 3.87. The van der Waals surface area contributed by atoms with E-state index in [2.05, 4.69) is 9.97 Å². The first kappa shape index (κ1) is 16.0. The molecule has 0 radical (unpaired) electrons. The fraction of sp³-hybridized carbons (Fsp3) is 0.333. The van der Waals surface area contributed by atoms with Crippen LogP contribution in [0.25, 0.3) is 22.1 Å². The predicted octanol–water partition coefficient (Wildman–Crippen LogP) is 1.50. The number of ether oxygens (including phenoxy) is 1. The van der Waals surface area contributed by atoms with Crippen molar-refractivity contribution in [3.63, 3.8) is 0 Å². The zero-order valence-electron chi connectivity index (χ0n) is 12.2. The number of aliphatic hydroxyl groups excluding tert-OH is 3. The molecule has 126 valence electrons. The van der Waals surface area contributed by atoms with E-state index >= 15 is 0 Å². The minimum atomic E-state index is -1.20. The zero-order chi connectivity index (χ0) is 17.0. The number of aliphatic hydroxyl groups is 3. The molecule has 3 aromatic rings. The maximum atomic E-state index is 10.2. The zero-order valence-corrected chi connectivity index (χ0v) is 13.7. The summed E-state index contributed by atoms with van der Waals surface area (Å²) < 4.78 is 7.06. The Bertz CT molecular complexity index is 932. The molecule has 9 heteroatoms.